The SMILES string of the molecule is CCc1cnn2c(NCc3cc[nH]c(=O)c3)cc(-c3ccccc3)nc12.Fc1ccccc1-c1cc(NCc2cncnc2)n2ncc(Br)c2n1.O=c1cc(CNc2cc(-c3ccccc3F)nc3c(Br)cnn23)cc[nH]1.O=c1cc(CNc2cc(C3CCCCC3)nc3c(Br)cnn23)cc[nH]1. The first-order valence-corrected chi connectivity index (χ1v) is 34.9. The van der Waals surface area contributed by atoms with E-state index in [1.807, 2.05) is 69.8 Å². The van der Waals surface area contributed by atoms with Crippen molar-refractivity contribution in [1.82, 2.24) is 83.3 Å². The Bertz CT molecular complexity index is 5550. The average molecular weight is 1560 g/mol. The Balaban J connectivity index is 0.000000121. The molecule has 0 saturated heterocycles. The van der Waals surface area contributed by atoms with E-state index in [9.17, 15) is 23.2 Å². The second-order valence-corrected chi connectivity index (χ2v) is 26.2. The number of aryl methyl sites for hydroxylation is 1. The van der Waals surface area contributed by atoms with E-state index in [-0.39, 0.29) is 28.3 Å². The molecule has 0 unspecified atom stereocenters. The minimum atomic E-state index is -0.347. The van der Waals surface area contributed by atoms with Crippen LogP contribution < -0.4 is 37.9 Å². The summed E-state index contributed by atoms with van der Waals surface area (Å²) >= 11 is 10.4. The van der Waals surface area contributed by atoms with Crippen LogP contribution >= 0.6 is 47.8 Å². The van der Waals surface area contributed by atoms with Gasteiger partial charge in [-0.3, -0.25) is 14.4 Å². The van der Waals surface area contributed by atoms with Crippen molar-refractivity contribution in [3.8, 4) is 33.8 Å². The summed E-state index contributed by atoms with van der Waals surface area (Å²) in [5.74, 6) is 2.92. The van der Waals surface area contributed by atoms with Gasteiger partial charge < -0.3 is 36.2 Å². The van der Waals surface area contributed by atoms with E-state index in [4.69, 9.17) is 9.97 Å². The topological polar surface area (TPSA) is 293 Å². The standard InChI is InChI=1S/C20H19N5O.C18H13BrFN5O.C18H20BrN5O.C17H12BrFN6/c1-2-15-13-23-25-18(22-12-14-8-9-21-19(26)10-14)11-17(24-20(15)25)16-6-4-3-5-7-16;19-13-10-23-25-16(22-9-11-5-6-21-17(26)7-11)8-15(24-18(13)25)12-3-1-2-4-14(12)20;19-14-11-22-24-16(21-10-12-6-7-20-17(25)8-12)9-15(23-18(14)24)13-4-2-1-3-5-13;18-13-9-23-25-16(22-8-11-6-20-10-21-7-11)5-15(24-17(13)25)12-3-1-2-4-14(12)19/h3-11,13,22H,2,12H2,1H3,(H,21,26);1-8,10,22H,9H2,(H,21,26);6-9,11,13,21H,1-5,10H2,(H,20,25);1-7,9-10,22H,8H2. The maximum absolute atomic E-state index is 14.2. The molecule has 12 aromatic heterocycles. The molecule has 1 fully saturated rings. The Labute approximate surface area is 605 Å². The molecule has 1 aliphatic carbocycles. The van der Waals surface area contributed by atoms with E-state index < -0.39 is 0 Å². The predicted molar refractivity (Wildman–Crippen MR) is 399 cm³/mol. The first-order chi connectivity index (χ1) is 49.8. The normalized spacial score (nSPS) is 12.1. The van der Waals surface area contributed by atoms with Crippen molar-refractivity contribution in [3.63, 3.8) is 0 Å². The number of pyridine rings is 3. The third-order valence-corrected chi connectivity index (χ3v) is 18.3. The maximum Gasteiger partial charge on any atom is 0.248 e. The number of benzene rings is 3. The molecule has 1 saturated carbocycles. The highest BCUT2D eigenvalue weighted by molar-refractivity contribution is 9.11. The number of rotatable bonds is 17. The highest BCUT2D eigenvalue weighted by atomic mass is 79.9. The van der Waals surface area contributed by atoms with Crippen LogP contribution in [0.5, 0.6) is 0 Å². The van der Waals surface area contributed by atoms with Crippen LogP contribution in [-0.4, -0.2) is 83.3 Å². The zero-order valence-electron chi connectivity index (χ0n) is 54.6. The highest BCUT2D eigenvalue weighted by Gasteiger charge is 2.22. The fourth-order valence-electron chi connectivity index (χ4n) is 11.6. The van der Waals surface area contributed by atoms with Crippen LogP contribution in [0.4, 0.5) is 32.1 Å². The van der Waals surface area contributed by atoms with Gasteiger partial charge in [0.1, 0.15) is 41.2 Å². The van der Waals surface area contributed by atoms with Crippen LogP contribution in [0.2, 0.25) is 0 Å². The van der Waals surface area contributed by atoms with Crippen molar-refractivity contribution < 1.29 is 8.78 Å². The number of nitrogens with one attached hydrogen (secondary N) is 7. The van der Waals surface area contributed by atoms with Crippen molar-refractivity contribution in [2.75, 3.05) is 21.3 Å². The van der Waals surface area contributed by atoms with Crippen molar-refractivity contribution in [3.05, 3.63) is 291 Å². The lowest BCUT2D eigenvalue weighted by atomic mass is 9.87. The number of aromatic nitrogens is 17. The number of H-pyrrole nitrogens is 3. The van der Waals surface area contributed by atoms with Gasteiger partial charge in [0.05, 0.1) is 55.3 Å². The summed E-state index contributed by atoms with van der Waals surface area (Å²) in [6, 6.07) is 41.0. The van der Waals surface area contributed by atoms with Gasteiger partial charge in [-0.2, -0.15) is 38.5 Å². The third-order valence-electron chi connectivity index (χ3n) is 16.7. The Morgan fingerprint density at radius 1 is 0.441 bits per heavy atom. The number of halogens is 5. The molecule has 0 bridgehead atoms. The van der Waals surface area contributed by atoms with Gasteiger partial charge in [-0.05, 0) is 126 Å². The number of hydrogen-bond acceptors (Lipinski definition) is 17. The largest absolute Gasteiger partial charge is 0.366 e. The molecule has 1 aliphatic rings. The summed E-state index contributed by atoms with van der Waals surface area (Å²) in [7, 11) is 0. The summed E-state index contributed by atoms with van der Waals surface area (Å²) in [5.41, 5.74) is 12.1. The molecule has 29 heteroatoms. The molecule has 0 radical (unpaired) electrons. The number of hydrogen-bond donors (Lipinski definition) is 7. The molecule has 0 atom stereocenters. The smallest absolute Gasteiger partial charge is 0.248 e. The average Bonchev–Trinajstić information content (AvgIpc) is 1.60. The molecule has 16 rings (SSSR count). The van der Waals surface area contributed by atoms with E-state index >= 15 is 0 Å². The Morgan fingerprint density at radius 3 is 1.30 bits per heavy atom. The van der Waals surface area contributed by atoms with Crippen LogP contribution in [0.3, 0.4) is 0 Å². The summed E-state index contributed by atoms with van der Waals surface area (Å²) in [6.07, 6.45) is 23.9. The molecule has 15 aromatic rings. The zero-order chi connectivity index (χ0) is 70.5. The van der Waals surface area contributed by atoms with Crippen LogP contribution in [0.25, 0.3) is 56.4 Å². The molecule has 0 spiro atoms. The van der Waals surface area contributed by atoms with E-state index in [0.717, 1.165) is 83.1 Å². The molecular weight excluding hydrogens is 1500 g/mol. The van der Waals surface area contributed by atoms with E-state index in [0.29, 0.717) is 82.0 Å². The molecule has 102 heavy (non-hydrogen) atoms. The molecule has 24 nitrogen and oxygen atoms in total. The maximum atomic E-state index is 14.2. The fraction of sp³-hybridized carbons (Fsp3) is 0.164. The monoisotopic (exact) mass is 1560 g/mol. The Hall–Kier alpha value is -11.4. The molecule has 7 N–H and O–H groups in total. The van der Waals surface area contributed by atoms with Crippen LogP contribution in [-0.2, 0) is 32.6 Å². The van der Waals surface area contributed by atoms with E-state index in [1.54, 1.807) is 119 Å². The van der Waals surface area contributed by atoms with Crippen molar-refractivity contribution >= 4 is 93.6 Å². The number of nitrogens with zero attached hydrogens (tertiary/aromatic N) is 14. The fourth-order valence-corrected chi connectivity index (χ4v) is 12.6. The molecular formula is C73H64Br3F2N21O3. The van der Waals surface area contributed by atoms with E-state index in [1.165, 1.54) is 56.6 Å². The van der Waals surface area contributed by atoms with Crippen LogP contribution in [0, 0.1) is 11.6 Å². The highest BCUT2D eigenvalue weighted by Crippen LogP contribution is 2.35. The minimum absolute atomic E-state index is 0.0936. The first kappa shape index (κ1) is 69.1. The quantitative estimate of drug-likeness (QED) is 0.0446. The molecule has 3 aromatic carbocycles. The van der Waals surface area contributed by atoms with Crippen molar-refractivity contribution in [2.24, 2.45) is 0 Å². The van der Waals surface area contributed by atoms with Crippen LogP contribution in [0.1, 0.15) is 78.5 Å². The summed E-state index contributed by atoms with van der Waals surface area (Å²) in [4.78, 5) is 68.9. The Kier molecular flexibility index (Phi) is 21.8. The van der Waals surface area contributed by atoms with Gasteiger partial charge in [0.25, 0.3) is 0 Å². The van der Waals surface area contributed by atoms with Gasteiger partial charge in [0.2, 0.25) is 16.7 Å². The van der Waals surface area contributed by atoms with Gasteiger partial charge in [0.15, 0.2) is 22.6 Å². The molecule has 0 aliphatic heterocycles. The summed E-state index contributed by atoms with van der Waals surface area (Å²) in [5, 5.41) is 30.8. The minimum Gasteiger partial charge on any atom is -0.366 e. The lowest BCUT2D eigenvalue weighted by Crippen LogP contribution is -2.12. The molecule has 514 valence electrons. The number of fused-ring (bicyclic) bond motifs is 4. The van der Waals surface area contributed by atoms with Crippen molar-refractivity contribution in [1.29, 1.82) is 0 Å². The summed E-state index contributed by atoms with van der Waals surface area (Å²) < 4.78 is 37.6. The third kappa shape index (κ3) is 16.6. The lowest BCUT2D eigenvalue weighted by Gasteiger charge is -2.22. The number of aromatic amines is 3. The van der Waals surface area contributed by atoms with Crippen LogP contribution in [0.15, 0.2) is 229 Å². The van der Waals surface area contributed by atoms with Gasteiger partial charge in [-0.15, -0.1) is 0 Å². The molecule has 12 heterocycles. The summed E-state index contributed by atoms with van der Waals surface area (Å²) in [6.45, 7) is 4.10. The van der Waals surface area contributed by atoms with E-state index in [2.05, 4.69) is 137 Å². The zero-order valence-corrected chi connectivity index (χ0v) is 59.3. The van der Waals surface area contributed by atoms with Crippen molar-refractivity contribution in [2.45, 2.75) is 77.5 Å². The van der Waals surface area contributed by atoms with Gasteiger partial charge in [-0.25, -0.2) is 38.7 Å². The Morgan fingerprint density at radius 2 is 0.843 bits per heavy atom. The number of anilines is 4. The second kappa shape index (κ2) is 32.3. The lowest BCUT2D eigenvalue weighted by molar-refractivity contribution is 0.437. The predicted octanol–water partition coefficient (Wildman–Crippen LogP) is 14.4. The van der Waals surface area contributed by atoms with Gasteiger partial charge in [-0.1, -0.05) is 80.8 Å². The van der Waals surface area contributed by atoms with Gasteiger partial charge >= 0.3 is 0 Å². The first-order valence-electron chi connectivity index (χ1n) is 32.6. The second-order valence-electron chi connectivity index (χ2n) is 23.6. The van der Waals surface area contributed by atoms with Gasteiger partial charge in [0, 0.05) is 139 Å². The molecule has 0 amide bonds.